The number of rotatable bonds is 7. The van der Waals surface area contributed by atoms with Crippen molar-refractivity contribution in [2.24, 2.45) is 11.8 Å². The second-order valence-corrected chi connectivity index (χ2v) is 6.33. The zero-order valence-electron chi connectivity index (χ0n) is 13.3. The molecule has 0 amide bonds. The predicted octanol–water partition coefficient (Wildman–Crippen LogP) is 3.56. The van der Waals surface area contributed by atoms with E-state index in [0.717, 1.165) is 31.3 Å². The van der Waals surface area contributed by atoms with Crippen LogP contribution in [0.4, 0.5) is 0 Å². The Hall–Kier alpha value is -0.900. The zero-order valence-corrected chi connectivity index (χ0v) is 13.3. The Balaban J connectivity index is 2.11. The first-order chi connectivity index (χ1) is 9.76. The van der Waals surface area contributed by atoms with Gasteiger partial charge >= 0.3 is 0 Å². The van der Waals surface area contributed by atoms with Crippen LogP contribution in [0.25, 0.3) is 0 Å². The molecule has 1 aromatic rings. The summed E-state index contributed by atoms with van der Waals surface area (Å²) < 4.78 is 2.10. The van der Waals surface area contributed by atoms with Gasteiger partial charge in [-0.2, -0.15) is 0 Å². The molecule has 0 saturated heterocycles. The monoisotopic (exact) mass is 278 g/mol. The van der Waals surface area contributed by atoms with Gasteiger partial charge < -0.3 is 5.32 Å². The van der Waals surface area contributed by atoms with Crippen LogP contribution in [0.3, 0.4) is 0 Å². The van der Waals surface area contributed by atoms with E-state index in [-0.39, 0.29) is 0 Å². The fraction of sp³-hybridized carbons (Fsp3) is 0.875. The molecule has 1 unspecified atom stereocenters. The lowest BCUT2D eigenvalue weighted by molar-refractivity contribution is 0.224. The minimum atomic E-state index is 0.434. The van der Waals surface area contributed by atoms with E-state index in [1.54, 1.807) is 0 Å². The molecule has 1 aliphatic rings. The molecule has 0 bridgehead atoms. The number of hydrogen-bond donors (Lipinski definition) is 1. The van der Waals surface area contributed by atoms with Crippen LogP contribution in [0.5, 0.6) is 0 Å². The predicted molar refractivity (Wildman–Crippen MR) is 82.5 cm³/mol. The van der Waals surface area contributed by atoms with Gasteiger partial charge in [-0.25, -0.2) is 4.68 Å². The molecule has 1 atom stereocenters. The number of aromatic nitrogens is 3. The zero-order chi connectivity index (χ0) is 14.4. The van der Waals surface area contributed by atoms with Gasteiger partial charge in [-0.15, -0.1) is 5.10 Å². The summed E-state index contributed by atoms with van der Waals surface area (Å²) >= 11 is 0. The van der Waals surface area contributed by atoms with Gasteiger partial charge in [-0.3, -0.25) is 0 Å². The molecular weight excluding hydrogens is 248 g/mol. The van der Waals surface area contributed by atoms with Crippen molar-refractivity contribution >= 4 is 0 Å². The van der Waals surface area contributed by atoms with E-state index in [0.29, 0.717) is 6.04 Å². The van der Waals surface area contributed by atoms with Crippen LogP contribution in [0, 0.1) is 11.8 Å². The smallest absolute Gasteiger partial charge is 0.0759 e. The van der Waals surface area contributed by atoms with Crippen LogP contribution in [-0.4, -0.2) is 21.5 Å². The van der Waals surface area contributed by atoms with Gasteiger partial charge in [0.25, 0.3) is 0 Å². The van der Waals surface area contributed by atoms with Gasteiger partial charge in [0.2, 0.25) is 0 Å². The molecular formula is C16H30N4. The third kappa shape index (κ3) is 3.81. The molecule has 114 valence electrons. The highest BCUT2D eigenvalue weighted by molar-refractivity contribution is 5.05. The van der Waals surface area contributed by atoms with E-state index in [1.807, 2.05) is 6.20 Å². The van der Waals surface area contributed by atoms with Crippen molar-refractivity contribution in [2.45, 2.75) is 71.9 Å². The van der Waals surface area contributed by atoms with Crippen LogP contribution in [0.2, 0.25) is 0 Å². The molecule has 1 N–H and O–H groups in total. The molecule has 1 fully saturated rings. The maximum Gasteiger partial charge on any atom is 0.0759 e. The van der Waals surface area contributed by atoms with E-state index in [1.165, 1.54) is 37.8 Å². The molecule has 1 aliphatic carbocycles. The lowest BCUT2D eigenvalue weighted by Gasteiger charge is -2.33. The normalized spacial score (nSPS) is 24.8. The summed E-state index contributed by atoms with van der Waals surface area (Å²) in [6.07, 6.45) is 9.66. The fourth-order valence-electron chi connectivity index (χ4n) is 3.32. The molecule has 1 saturated carbocycles. The number of nitrogens with one attached hydrogen (secondary N) is 1. The number of hydrogen-bond acceptors (Lipinski definition) is 3. The second kappa shape index (κ2) is 7.77. The van der Waals surface area contributed by atoms with Crippen LogP contribution >= 0.6 is 0 Å². The highest BCUT2D eigenvalue weighted by atomic mass is 15.4. The Labute approximate surface area is 123 Å². The van der Waals surface area contributed by atoms with Crippen LogP contribution in [-0.2, 0) is 6.54 Å². The Bertz CT molecular complexity index is 380. The van der Waals surface area contributed by atoms with Crippen molar-refractivity contribution in [3.8, 4) is 0 Å². The summed E-state index contributed by atoms with van der Waals surface area (Å²) in [5.74, 6) is 1.64. The van der Waals surface area contributed by atoms with Crippen LogP contribution in [0.1, 0.15) is 71.0 Å². The molecule has 0 aliphatic heterocycles. The topological polar surface area (TPSA) is 42.7 Å². The van der Waals surface area contributed by atoms with Crippen molar-refractivity contribution in [2.75, 3.05) is 6.54 Å². The summed E-state index contributed by atoms with van der Waals surface area (Å²) in [7, 11) is 0. The molecule has 1 heterocycles. The molecule has 1 aromatic heterocycles. The van der Waals surface area contributed by atoms with Gasteiger partial charge in [0.15, 0.2) is 0 Å². The molecule has 4 nitrogen and oxygen atoms in total. The maximum absolute atomic E-state index is 4.27. The first-order valence-electron chi connectivity index (χ1n) is 8.38. The average Bonchev–Trinajstić information content (AvgIpc) is 2.90. The summed E-state index contributed by atoms with van der Waals surface area (Å²) in [5, 5.41) is 12.2. The number of nitrogens with zero attached hydrogens (tertiary/aromatic N) is 3. The fourth-order valence-corrected chi connectivity index (χ4v) is 3.32. The Morgan fingerprint density at radius 1 is 1.25 bits per heavy atom. The van der Waals surface area contributed by atoms with E-state index < -0.39 is 0 Å². The Morgan fingerprint density at radius 3 is 2.65 bits per heavy atom. The van der Waals surface area contributed by atoms with E-state index >= 15 is 0 Å². The van der Waals surface area contributed by atoms with Crippen molar-refractivity contribution < 1.29 is 0 Å². The van der Waals surface area contributed by atoms with Crippen molar-refractivity contribution in [3.05, 3.63) is 11.9 Å². The van der Waals surface area contributed by atoms with Gasteiger partial charge in [-0.1, -0.05) is 38.8 Å². The molecule has 2 rings (SSSR count). The standard InChI is InChI=1S/C16H30N4/c1-4-10-17-16(14-8-6-13(3)7-9-14)15-12-18-19-20(15)11-5-2/h12-14,16-17H,4-11H2,1-3H3. The quantitative estimate of drug-likeness (QED) is 0.829. The highest BCUT2D eigenvalue weighted by Gasteiger charge is 2.29. The van der Waals surface area contributed by atoms with Gasteiger partial charge in [0, 0.05) is 6.54 Å². The minimum absolute atomic E-state index is 0.434. The molecule has 4 heteroatoms. The summed E-state index contributed by atoms with van der Waals surface area (Å²) in [5.41, 5.74) is 1.29. The molecule has 0 radical (unpaired) electrons. The Morgan fingerprint density at radius 2 is 2.00 bits per heavy atom. The Kier molecular flexibility index (Phi) is 6.02. The SMILES string of the molecule is CCCNC(c1cnnn1CCC)C1CCC(C)CC1. The van der Waals surface area contributed by atoms with Crippen molar-refractivity contribution in [1.29, 1.82) is 0 Å². The maximum atomic E-state index is 4.27. The summed E-state index contributed by atoms with van der Waals surface area (Å²) in [6, 6.07) is 0.434. The lowest BCUT2D eigenvalue weighted by atomic mass is 9.78. The van der Waals surface area contributed by atoms with Gasteiger partial charge in [0.05, 0.1) is 17.9 Å². The first kappa shape index (κ1) is 15.5. The minimum Gasteiger partial charge on any atom is -0.308 e. The third-order valence-electron chi connectivity index (χ3n) is 4.55. The highest BCUT2D eigenvalue weighted by Crippen LogP contribution is 2.36. The van der Waals surface area contributed by atoms with Crippen molar-refractivity contribution in [3.63, 3.8) is 0 Å². The largest absolute Gasteiger partial charge is 0.308 e. The average molecular weight is 278 g/mol. The molecule has 20 heavy (non-hydrogen) atoms. The van der Waals surface area contributed by atoms with Crippen molar-refractivity contribution in [1.82, 2.24) is 20.3 Å². The third-order valence-corrected chi connectivity index (χ3v) is 4.55. The van der Waals surface area contributed by atoms with Gasteiger partial charge in [-0.05, 0) is 44.1 Å². The van der Waals surface area contributed by atoms with Crippen LogP contribution in [0.15, 0.2) is 6.20 Å². The molecule has 0 spiro atoms. The number of aryl methyl sites for hydroxylation is 1. The van der Waals surface area contributed by atoms with E-state index in [9.17, 15) is 0 Å². The first-order valence-corrected chi connectivity index (χ1v) is 8.38. The van der Waals surface area contributed by atoms with E-state index in [2.05, 4.69) is 41.1 Å². The lowest BCUT2D eigenvalue weighted by Crippen LogP contribution is -2.33. The summed E-state index contributed by atoms with van der Waals surface area (Å²) in [6.45, 7) is 8.86. The summed E-state index contributed by atoms with van der Waals surface area (Å²) in [4.78, 5) is 0. The van der Waals surface area contributed by atoms with Gasteiger partial charge in [0.1, 0.15) is 0 Å². The van der Waals surface area contributed by atoms with Crippen LogP contribution < -0.4 is 5.32 Å². The second-order valence-electron chi connectivity index (χ2n) is 6.33. The van der Waals surface area contributed by atoms with E-state index in [4.69, 9.17) is 0 Å². The molecule has 0 aromatic carbocycles.